The molecule has 0 spiro atoms. The zero-order chi connectivity index (χ0) is 19.6. The summed E-state index contributed by atoms with van der Waals surface area (Å²) in [7, 11) is 1.47. The maximum atomic E-state index is 14.0. The SMILES string of the molecule is CCN=C(NC(C)c1ccc(OC)c(F)c1)NC1C2CCCOC2C1(C)C. The molecule has 1 aromatic carbocycles. The summed E-state index contributed by atoms with van der Waals surface area (Å²) in [5.74, 6) is 1.19. The van der Waals surface area contributed by atoms with Gasteiger partial charge < -0.3 is 20.1 Å². The minimum absolute atomic E-state index is 0.0662. The van der Waals surface area contributed by atoms with Crippen LogP contribution in [0.15, 0.2) is 23.2 Å². The fourth-order valence-corrected chi connectivity index (χ4v) is 4.49. The summed E-state index contributed by atoms with van der Waals surface area (Å²) < 4.78 is 25.0. The summed E-state index contributed by atoms with van der Waals surface area (Å²) in [6.45, 7) is 10.1. The van der Waals surface area contributed by atoms with E-state index >= 15 is 0 Å². The first-order valence-electron chi connectivity index (χ1n) is 9.91. The van der Waals surface area contributed by atoms with Crippen molar-refractivity contribution in [2.24, 2.45) is 16.3 Å². The highest BCUT2D eigenvalue weighted by molar-refractivity contribution is 5.81. The second kappa shape index (κ2) is 8.05. The number of methoxy groups -OCH3 is 1. The molecule has 2 fully saturated rings. The molecule has 1 saturated heterocycles. The van der Waals surface area contributed by atoms with Gasteiger partial charge in [0.2, 0.25) is 0 Å². The van der Waals surface area contributed by atoms with E-state index in [0.29, 0.717) is 24.6 Å². The lowest BCUT2D eigenvalue weighted by atomic mass is 9.55. The molecule has 0 bridgehead atoms. The van der Waals surface area contributed by atoms with Crippen molar-refractivity contribution in [3.8, 4) is 5.75 Å². The Morgan fingerprint density at radius 3 is 2.89 bits per heavy atom. The molecule has 1 aliphatic heterocycles. The third-order valence-electron chi connectivity index (χ3n) is 5.97. The Labute approximate surface area is 161 Å². The Balaban J connectivity index is 1.69. The number of rotatable bonds is 5. The maximum Gasteiger partial charge on any atom is 0.191 e. The Morgan fingerprint density at radius 1 is 1.44 bits per heavy atom. The molecule has 0 radical (unpaired) electrons. The van der Waals surface area contributed by atoms with Crippen molar-refractivity contribution in [3.63, 3.8) is 0 Å². The quantitative estimate of drug-likeness (QED) is 0.607. The molecule has 0 aromatic heterocycles. The van der Waals surface area contributed by atoms with Crippen LogP contribution in [-0.2, 0) is 4.74 Å². The van der Waals surface area contributed by atoms with Crippen molar-refractivity contribution in [1.82, 2.24) is 10.6 Å². The van der Waals surface area contributed by atoms with E-state index in [2.05, 4.69) is 29.5 Å². The van der Waals surface area contributed by atoms with Crippen molar-refractivity contribution in [2.45, 2.75) is 58.7 Å². The van der Waals surface area contributed by atoms with Crippen LogP contribution in [0.1, 0.15) is 52.1 Å². The molecule has 2 aliphatic rings. The predicted octanol–water partition coefficient (Wildman–Crippen LogP) is 3.65. The molecule has 4 unspecified atom stereocenters. The number of aliphatic imine (C=N–C) groups is 1. The number of nitrogens with zero attached hydrogens (tertiary/aromatic N) is 1. The lowest BCUT2D eigenvalue weighted by molar-refractivity contribution is -0.188. The molecule has 1 aromatic rings. The van der Waals surface area contributed by atoms with Crippen LogP contribution in [-0.4, -0.2) is 38.4 Å². The minimum atomic E-state index is -0.354. The first kappa shape index (κ1) is 19.9. The highest BCUT2D eigenvalue weighted by Gasteiger charge is 2.58. The molecule has 27 heavy (non-hydrogen) atoms. The molecule has 1 aliphatic carbocycles. The number of hydrogen-bond donors (Lipinski definition) is 2. The van der Waals surface area contributed by atoms with Crippen molar-refractivity contribution in [3.05, 3.63) is 29.6 Å². The molecule has 1 saturated carbocycles. The molecule has 2 N–H and O–H groups in total. The predicted molar refractivity (Wildman–Crippen MR) is 106 cm³/mol. The summed E-state index contributed by atoms with van der Waals surface area (Å²) in [4.78, 5) is 4.61. The molecule has 3 rings (SSSR count). The van der Waals surface area contributed by atoms with E-state index in [1.807, 2.05) is 19.9 Å². The zero-order valence-electron chi connectivity index (χ0n) is 17.0. The lowest BCUT2D eigenvalue weighted by Crippen LogP contribution is -2.71. The van der Waals surface area contributed by atoms with Crippen LogP contribution < -0.4 is 15.4 Å². The monoisotopic (exact) mass is 377 g/mol. The van der Waals surface area contributed by atoms with E-state index in [4.69, 9.17) is 9.47 Å². The van der Waals surface area contributed by atoms with Gasteiger partial charge >= 0.3 is 0 Å². The van der Waals surface area contributed by atoms with Gasteiger partial charge in [0.25, 0.3) is 0 Å². The van der Waals surface area contributed by atoms with Crippen LogP contribution in [0.4, 0.5) is 4.39 Å². The fourth-order valence-electron chi connectivity index (χ4n) is 4.49. The zero-order valence-corrected chi connectivity index (χ0v) is 17.0. The van der Waals surface area contributed by atoms with Gasteiger partial charge in [0, 0.05) is 30.5 Å². The third kappa shape index (κ3) is 3.91. The Bertz CT molecular complexity index is 692. The van der Waals surface area contributed by atoms with Gasteiger partial charge in [-0.1, -0.05) is 19.9 Å². The van der Waals surface area contributed by atoms with Gasteiger partial charge in [-0.15, -0.1) is 0 Å². The average Bonchev–Trinajstić information content (AvgIpc) is 2.66. The topological polar surface area (TPSA) is 54.9 Å². The molecule has 1 heterocycles. The van der Waals surface area contributed by atoms with E-state index in [1.54, 1.807) is 6.07 Å². The van der Waals surface area contributed by atoms with Crippen molar-refractivity contribution in [1.29, 1.82) is 0 Å². The number of ether oxygens (including phenoxy) is 2. The molecule has 5 nitrogen and oxygen atoms in total. The van der Waals surface area contributed by atoms with Crippen LogP contribution >= 0.6 is 0 Å². The normalized spacial score (nSPS) is 27.9. The number of benzene rings is 1. The number of hydrogen-bond acceptors (Lipinski definition) is 3. The number of halogens is 1. The van der Waals surface area contributed by atoms with E-state index < -0.39 is 0 Å². The van der Waals surface area contributed by atoms with Crippen molar-refractivity contribution < 1.29 is 13.9 Å². The fraction of sp³-hybridized carbons (Fsp3) is 0.667. The van der Waals surface area contributed by atoms with E-state index in [-0.39, 0.29) is 23.0 Å². The van der Waals surface area contributed by atoms with E-state index in [0.717, 1.165) is 24.6 Å². The molecule has 0 amide bonds. The number of guanidine groups is 1. The van der Waals surface area contributed by atoms with Crippen molar-refractivity contribution >= 4 is 5.96 Å². The highest BCUT2D eigenvalue weighted by atomic mass is 19.1. The van der Waals surface area contributed by atoms with Crippen LogP contribution in [0, 0.1) is 17.2 Å². The number of fused-ring (bicyclic) bond motifs is 1. The second-order valence-corrected chi connectivity index (χ2v) is 8.12. The summed E-state index contributed by atoms with van der Waals surface area (Å²) in [5, 5.41) is 7.04. The Morgan fingerprint density at radius 2 is 2.22 bits per heavy atom. The van der Waals surface area contributed by atoms with Gasteiger partial charge in [-0.3, -0.25) is 4.99 Å². The molecular weight excluding hydrogens is 345 g/mol. The first-order chi connectivity index (χ1) is 12.9. The molecular formula is C21H32FN3O2. The van der Waals surface area contributed by atoms with Crippen molar-refractivity contribution in [2.75, 3.05) is 20.3 Å². The number of nitrogens with one attached hydrogen (secondary N) is 2. The second-order valence-electron chi connectivity index (χ2n) is 8.12. The maximum absolute atomic E-state index is 14.0. The Hall–Kier alpha value is -1.82. The van der Waals surface area contributed by atoms with Gasteiger partial charge in [-0.05, 0) is 44.4 Å². The summed E-state index contributed by atoms with van der Waals surface area (Å²) >= 11 is 0. The van der Waals surface area contributed by atoms with Gasteiger partial charge in [-0.2, -0.15) is 0 Å². The largest absolute Gasteiger partial charge is 0.494 e. The van der Waals surface area contributed by atoms with E-state index in [9.17, 15) is 4.39 Å². The summed E-state index contributed by atoms with van der Waals surface area (Å²) in [5.41, 5.74) is 0.919. The summed E-state index contributed by atoms with van der Waals surface area (Å²) in [6.07, 6.45) is 2.62. The third-order valence-corrected chi connectivity index (χ3v) is 5.97. The van der Waals surface area contributed by atoms with Crippen LogP contribution in [0.2, 0.25) is 0 Å². The standard InChI is InChI=1S/C21H32FN3O2/c1-6-23-20(24-13(2)14-9-10-17(26-5)16(22)12-14)25-18-15-8-7-11-27-19(15)21(18,3)4/h9-10,12-13,15,18-19H,6-8,11H2,1-5H3,(H2,23,24,25). The van der Waals surface area contributed by atoms with Gasteiger partial charge in [0.1, 0.15) is 0 Å². The van der Waals surface area contributed by atoms with Crippen LogP contribution in [0.25, 0.3) is 0 Å². The van der Waals surface area contributed by atoms with Gasteiger partial charge in [-0.25, -0.2) is 4.39 Å². The smallest absolute Gasteiger partial charge is 0.191 e. The molecule has 6 heteroatoms. The van der Waals surface area contributed by atoms with Gasteiger partial charge in [0.15, 0.2) is 17.5 Å². The van der Waals surface area contributed by atoms with Crippen LogP contribution in [0.3, 0.4) is 0 Å². The highest BCUT2D eigenvalue weighted by Crippen LogP contribution is 2.51. The summed E-state index contributed by atoms with van der Waals surface area (Å²) in [6, 6.07) is 5.29. The molecule has 4 atom stereocenters. The Kier molecular flexibility index (Phi) is 5.94. The molecule has 150 valence electrons. The van der Waals surface area contributed by atoms with Gasteiger partial charge in [0.05, 0.1) is 19.3 Å². The average molecular weight is 378 g/mol. The first-order valence-corrected chi connectivity index (χ1v) is 9.91. The lowest BCUT2D eigenvalue weighted by Gasteiger charge is -2.60. The van der Waals surface area contributed by atoms with E-state index in [1.165, 1.54) is 19.6 Å². The van der Waals surface area contributed by atoms with Crippen LogP contribution in [0.5, 0.6) is 5.75 Å². The minimum Gasteiger partial charge on any atom is -0.494 e.